The molecule has 0 aromatic rings. The van der Waals surface area contributed by atoms with E-state index in [9.17, 15) is 4.79 Å². The average molecular weight is 271 g/mol. The Morgan fingerprint density at radius 1 is 1.42 bits per heavy atom. The zero-order valence-electron chi connectivity index (χ0n) is 12.8. The maximum Gasteiger partial charge on any atom is 0.323 e. The molecule has 0 amide bonds. The average Bonchev–Trinajstić information content (AvgIpc) is 2.40. The van der Waals surface area contributed by atoms with E-state index < -0.39 is 0 Å². The van der Waals surface area contributed by atoms with Gasteiger partial charge in [-0.05, 0) is 60.4 Å². The molecule has 0 radical (unpaired) electrons. The van der Waals surface area contributed by atoms with Gasteiger partial charge in [-0.1, -0.05) is 0 Å². The second kappa shape index (κ2) is 8.51. The van der Waals surface area contributed by atoms with Crippen LogP contribution in [0.5, 0.6) is 0 Å². The highest BCUT2D eigenvalue weighted by Gasteiger charge is 2.23. The lowest BCUT2D eigenvalue weighted by atomic mass is 10.0. The molecule has 19 heavy (non-hydrogen) atoms. The fourth-order valence-electron chi connectivity index (χ4n) is 2.59. The minimum atomic E-state index is -0.175. The molecule has 1 unspecified atom stereocenters. The van der Waals surface area contributed by atoms with Crippen LogP contribution in [0.2, 0.25) is 0 Å². The van der Waals surface area contributed by atoms with E-state index in [1.54, 1.807) is 0 Å². The Morgan fingerprint density at radius 2 is 2.05 bits per heavy atom. The first kappa shape index (κ1) is 16.4. The van der Waals surface area contributed by atoms with Gasteiger partial charge in [-0.15, -0.1) is 0 Å². The van der Waals surface area contributed by atoms with Gasteiger partial charge in [0.1, 0.15) is 6.04 Å². The van der Waals surface area contributed by atoms with Crippen molar-refractivity contribution in [2.45, 2.75) is 38.3 Å². The lowest BCUT2D eigenvalue weighted by Crippen LogP contribution is -2.44. The van der Waals surface area contributed by atoms with E-state index >= 15 is 0 Å². The van der Waals surface area contributed by atoms with Crippen molar-refractivity contribution in [1.82, 2.24) is 15.1 Å². The number of likely N-dealkylation sites (N-methyl/N-ethyl adjacent to an activating group) is 1. The summed E-state index contributed by atoms with van der Waals surface area (Å²) in [5.74, 6) is -0.131. The van der Waals surface area contributed by atoms with Crippen molar-refractivity contribution in [2.24, 2.45) is 0 Å². The second-order valence-electron chi connectivity index (χ2n) is 5.42. The zero-order chi connectivity index (χ0) is 14.3. The van der Waals surface area contributed by atoms with Crippen molar-refractivity contribution in [3.05, 3.63) is 0 Å². The highest BCUT2D eigenvalue weighted by atomic mass is 16.5. The molecule has 1 atom stereocenters. The lowest BCUT2D eigenvalue weighted by Gasteiger charge is -2.35. The van der Waals surface area contributed by atoms with Gasteiger partial charge in [0.15, 0.2) is 0 Å². The molecular formula is C14H29N3O2. The van der Waals surface area contributed by atoms with E-state index in [4.69, 9.17) is 4.74 Å². The minimum absolute atomic E-state index is 0.131. The maximum atomic E-state index is 11.7. The van der Waals surface area contributed by atoms with Crippen LogP contribution in [-0.2, 0) is 9.53 Å². The fraction of sp³-hybridized carbons (Fsp3) is 0.929. The van der Waals surface area contributed by atoms with Gasteiger partial charge in [0, 0.05) is 12.6 Å². The highest BCUT2D eigenvalue weighted by molar-refractivity contribution is 5.75. The summed E-state index contributed by atoms with van der Waals surface area (Å²) < 4.78 is 5.06. The van der Waals surface area contributed by atoms with Crippen LogP contribution in [-0.4, -0.2) is 75.2 Å². The number of rotatable bonds is 7. The molecule has 1 heterocycles. The van der Waals surface area contributed by atoms with Gasteiger partial charge < -0.3 is 19.9 Å². The summed E-state index contributed by atoms with van der Waals surface area (Å²) in [4.78, 5) is 16.4. The van der Waals surface area contributed by atoms with Crippen molar-refractivity contribution >= 4 is 5.97 Å². The first-order valence-electron chi connectivity index (χ1n) is 7.31. The van der Waals surface area contributed by atoms with Crippen LogP contribution in [0.25, 0.3) is 0 Å². The zero-order valence-corrected chi connectivity index (χ0v) is 12.8. The standard InChI is InChI=1S/C14H29N3O2/c1-5-19-14(18)13(15-2)8-11-17-9-6-12(7-10-17)16(3)4/h12-13,15H,5-11H2,1-4H3. The predicted octanol–water partition coefficient (Wildman–Crippen LogP) is 0.554. The van der Waals surface area contributed by atoms with Crippen LogP contribution in [0.1, 0.15) is 26.2 Å². The summed E-state index contributed by atoms with van der Waals surface area (Å²) in [5, 5.41) is 3.04. The number of ether oxygens (including phenoxy) is 1. The lowest BCUT2D eigenvalue weighted by molar-refractivity contribution is -0.145. The van der Waals surface area contributed by atoms with Crippen LogP contribution >= 0.6 is 0 Å². The number of carbonyl (C=O) groups is 1. The molecule has 1 rings (SSSR count). The van der Waals surface area contributed by atoms with Gasteiger partial charge >= 0.3 is 5.97 Å². The molecule has 0 saturated carbocycles. The normalized spacial score (nSPS) is 19.6. The Morgan fingerprint density at radius 3 is 2.53 bits per heavy atom. The number of piperidine rings is 1. The largest absolute Gasteiger partial charge is 0.465 e. The second-order valence-corrected chi connectivity index (χ2v) is 5.42. The number of likely N-dealkylation sites (tertiary alicyclic amines) is 1. The molecule has 1 aliphatic rings. The smallest absolute Gasteiger partial charge is 0.323 e. The Hall–Kier alpha value is -0.650. The monoisotopic (exact) mass is 271 g/mol. The fourth-order valence-corrected chi connectivity index (χ4v) is 2.59. The molecule has 112 valence electrons. The van der Waals surface area contributed by atoms with E-state index in [0.29, 0.717) is 12.6 Å². The molecule has 1 saturated heterocycles. The van der Waals surface area contributed by atoms with Crippen molar-refractivity contribution < 1.29 is 9.53 Å². The first-order valence-corrected chi connectivity index (χ1v) is 7.31. The van der Waals surface area contributed by atoms with Crippen LogP contribution in [0.15, 0.2) is 0 Å². The molecule has 5 nitrogen and oxygen atoms in total. The Kier molecular flexibility index (Phi) is 7.34. The first-order chi connectivity index (χ1) is 9.08. The van der Waals surface area contributed by atoms with E-state index in [1.807, 2.05) is 14.0 Å². The van der Waals surface area contributed by atoms with E-state index in [0.717, 1.165) is 26.1 Å². The number of nitrogens with zero attached hydrogens (tertiary/aromatic N) is 2. The summed E-state index contributed by atoms with van der Waals surface area (Å²) in [6.45, 7) is 5.51. The summed E-state index contributed by atoms with van der Waals surface area (Å²) in [6, 6.07) is 0.535. The van der Waals surface area contributed by atoms with Gasteiger partial charge in [0.25, 0.3) is 0 Å². The molecule has 1 aliphatic heterocycles. The molecule has 0 aromatic heterocycles. The molecule has 5 heteroatoms. The molecule has 1 fully saturated rings. The summed E-state index contributed by atoms with van der Waals surface area (Å²) in [7, 11) is 6.12. The number of hydrogen-bond donors (Lipinski definition) is 1. The summed E-state index contributed by atoms with van der Waals surface area (Å²) in [5.41, 5.74) is 0. The topological polar surface area (TPSA) is 44.8 Å². The number of hydrogen-bond acceptors (Lipinski definition) is 5. The number of carbonyl (C=O) groups excluding carboxylic acids is 1. The summed E-state index contributed by atoms with van der Waals surface area (Å²) >= 11 is 0. The Balaban J connectivity index is 2.27. The molecule has 0 spiro atoms. The van der Waals surface area contributed by atoms with Crippen molar-refractivity contribution in [1.29, 1.82) is 0 Å². The third-order valence-corrected chi connectivity index (χ3v) is 3.94. The van der Waals surface area contributed by atoms with Crippen molar-refractivity contribution in [3.63, 3.8) is 0 Å². The Labute approximate surface area is 117 Å². The van der Waals surface area contributed by atoms with Crippen molar-refractivity contribution in [3.8, 4) is 0 Å². The van der Waals surface area contributed by atoms with Gasteiger partial charge in [-0.25, -0.2) is 0 Å². The SMILES string of the molecule is CCOC(=O)C(CCN1CCC(N(C)C)CC1)NC. The minimum Gasteiger partial charge on any atom is -0.465 e. The van der Waals surface area contributed by atoms with Crippen LogP contribution in [0, 0.1) is 0 Å². The molecular weight excluding hydrogens is 242 g/mol. The number of esters is 1. The van der Waals surface area contributed by atoms with Crippen LogP contribution < -0.4 is 5.32 Å². The number of nitrogens with one attached hydrogen (secondary N) is 1. The van der Waals surface area contributed by atoms with E-state index in [-0.39, 0.29) is 12.0 Å². The predicted molar refractivity (Wildman–Crippen MR) is 77.2 cm³/mol. The van der Waals surface area contributed by atoms with Gasteiger partial charge in [-0.3, -0.25) is 4.79 Å². The molecule has 0 aromatic carbocycles. The quantitative estimate of drug-likeness (QED) is 0.685. The third-order valence-electron chi connectivity index (χ3n) is 3.94. The molecule has 1 N–H and O–H groups in total. The third kappa shape index (κ3) is 5.47. The van der Waals surface area contributed by atoms with Gasteiger partial charge in [-0.2, -0.15) is 0 Å². The van der Waals surface area contributed by atoms with Gasteiger partial charge in [0.05, 0.1) is 6.61 Å². The van der Waals surface area contributed by atoms with Crippen molar-refractivity contribution in [2.75, 3.05) is 47.4 Å². The van der Waals surface area contributed by atoms with E-state index in [1.165, 1.54) is 12.8 Å². The Bertz CT molecular complexity index is 263. The molecule has 0 bridgehead atoms. The summed E-state index contributed by atoms with van der Waals surface area (Å²) in [6.07, 6.45) is 3.26. The van der Waals surface area contributed by atoms with Crippen LogP contribution in [0.4, 0.5) is 0 Å². The molecule has 0 aliphatic carbocycles. The maximum absolute atomic E-state index is 11.7. The van der Waals surface area contributed by atoms with Gasteiger partial charge in [0.2, 0.25) is 0 Å². The van der Waals surface area contributed by atoms with Crippen LogP contribution in [0.3, 0.4) is 0 Å². The van der Waals surface area contributed by atoms with E-state index in [2.05, 4.69) is 29.2 Å². The highest BCUT2D eigenvalue weighted by Crippen LogP contribution is 2.14.